The molecule has 4 aliphatic rings. The first kappa shape index (κ1) is 32.8. The standard InChI is InChI=1S/C38H46N4O5/c1-6-41(29-11-15-46-16-12-29)36-26(4)30(37(45)39-21-32-24(2)19-25(3)40-34(32)22-43)8-9-31(36)28-7-10-33-35(20-28)42(27(5)44)23-38(33)13-17-47-18-14-38/h7-10,19-20,29,40H,6,11-18,21,23H2,1-5H3,(H,39,45). The first-order valence-corrected chi connectivity index (χ1v) is 16.8. The molecule has 2 amide bonds. The summed E-state index contributed by atoms with van der Waals surface area (Å²) in [6, 6.07) is 10.8. The average molecular weight is 639 g/mol. The van der Waals surface area contributed by atoms with Crippen LogP contribution in [-0.2, 0) is 24.5 Å². The summed E-state index contributed by atoms with van der Waals surface area (Å²) in [6.45, 7) is 14.1. The maximum atomic E-state index is 13.8. The van der Waals surface area contributed by atoms with Gasteiger partial charge in [0.2, 0.25) is 5.91 Å². The average Bonchev–Trinajstić information content (AvgIpc) is 3.38. The van der Waals surface area contributed by atoms with E-state index in [0.29, 0.717) is 44.2 Å². The van der Waals surface area contributed by atoms with Crippen LogP contribution >= 0.6 is 0 Å². The predicted octanol–water partition coefficient (Wildman–Crippen LogP) is 5.35. The molecule has 0 bridgehead atoms. The predicted molar refractivity (Wildman–Crippen MR) is 184 cm³/mol. The third-order valence-electron chi connectivity index (χ3n) is 10.5. The van der Waals surface area contributed by atoms with Gasteiger partial charge in [-0.15, -0.1) is 0 Å². The Morgan fingerprint density at radius 2 is 1.79 bits per heavy atom. The van der Waals surface area contributed by atoms with Crippen LogP contribution < -0.4 is 20.4 Å². The van der Waals surface area contributed by atoms with Gasteiger partial charge in [0.05, 0.1) is 0 Å². The van der Waals surface area contributed by atoms with Gasteiger partial charge < -0.3 is 29.9 Å². The third-order valence-corrected chi connectivity index (χ3v) is 10.5. The Morgan fingerprint density at radius 1 is 1.06 bits per heavy atom. The van der Waals surface area contributed by atoms with Crippen LogP contribution in [0.1, 0.15) is 74.9 Å². The number of allylic oxidation sites excluding steroid dienone is 3. The Balaban J connectivity index is 1.41. The van der Waals surface area contributed by atoms with E-state index in [1.54, 1.807) is 6.92 Å². The van der Waals surface area contributed by atoms with Crippen LogP contribution in [0.5, 0.6) is 0 Å². The highest BCUT2D eigenvalue weighted by Gasteiger charge is 2.45. The van der Waals surface area contributed by atoms with E-state index < -0.39 is 0 Å². The van der Waals surface area contributed by atoms with Gasteiger partial charge in [-0.25, -0.2) is 4.79 Å². The molecule has 2 fully saturated rings. The molecule has 9 nitrogen and oxygen atoms in total. The monoisotopic (exact) mass is 638 g/mol. The minimum Gasteiger partial charge on any atom is -0.381 e. The lowest BCUT2D eigenvalue weighted by Gasteiger charge is -2.38. The second kappa shape index (κ2) is 13.5. The fraction of sp³-hybridized carbons (Fsp3) is 0.474. The number of rotatable bonds is 7. The second-order valence-electron chi connectivity index (χ2n) is 13.3. The minimum atomic E-state index is -0.201. The Bertz CT molecular complexity index is 1690. The summed E-state index contributed by atoms with van der Waals surface area (Å²) in [5, 5.41) is 6.13. The van der Waals surface area contributed by atoms with Gasteiger partial charge in [0.15, 0.2) is 5.94 Å². The van der Waals surface area contributed by atoms with Crippen LogP contribution in [0.25, 0.3) is 11.1 Å². The van der Waals surface area contributed by atoms with Crippen LogP contribution in [0.2, 0.25) is 0 Å². The number of ether oxygens (including phenoxy) is 2. The molecule has 2 saturated heterocycles. The summed E-state index contributed by atoms with van der Waals surface area (Å²) in [6.07, 6.45) is 5.57. The zero-order chi connectivity index (χ0) is 33.3. The molecule has 47 heavy (non-hydrogen) atoms. The molecule has 2 aromatic rings. The number of carbonyl (C=O) groups excluding carboxylic acids is 3. The third kappa shape index (κ3) is 6.16. The highest BCUT2D eigenvalue weighted by molar-refractivity contribution is 6.01. The fourth-order valence-corrected chi connectivity index (χ4v) is 7.96. The van der Waals surface area contributed by atoms with Crippen LogP contribution in [0.15, 0.2) is 58.9 Å². The van der Waals surface area contributed by atoms with Crippen molar-refractivity contribution in [3.63, 3.8) is 0 Å². The number of hydrogen-bond donors (Lipinski definition) is 2. The van der Waals surface area contributed by atoms with E-state index in [9.17, 15) is 14.4 Å². The second-order valence-corrected chi connectivity index (χ2v) is 13.3. The number of hydrogen-bond acceptors (Lipinski definition) is 7. The van der Waals surface area contributed by atoms with Crippen molar-refractivity contribution >= 4 is 29.1 Å². The zero-order valence-corrected chi connectivity index (χ0v) is 28.3. The number of dihydropyridines is 1. The van der Waals surface area contributed by atoms with Crippen molar-refractivity contribution in [2.24, 2.45) is 0 Å². The molecule has 2 N–H and O–H groups in total. The van der Waals surface area contributed by atoms with Gasteiger partial charge in [-0.1, -0.05) is 18.2 Å². The van der Waals surface area contributed by atoms with Crippen molar-refractivity contribution in [3.05, 3.63) is 75.6 Å². The number of nitrogens with zero attached hydrogens (tertiary/aromatic N) is 2. The van der Waals surface area contributed by atoms with Crippen molar-refractivity contribution in [1.82, 2.24) is 10.6 Å². The fourth-order valence-electron chi connectivity index (χ4n) is 7.96. The Hall–Kier alpha value is -4.17. The van der Waals surface area contributed by atoms with E-state index in [0.717, 1.165) is 77.1 Å². The number of anilines is 2. The van der Waals surface area contributed by atoms with Crippen molar-refractivity contribution in [2.75, 3.05) is 55.9 Å². The summed E-state index contributed by atoms with van der Waals surface area (Å²) in [5.41, 5.74) is 9.55. The van der Waals surface area contributed by atoms with Crippen molar-refractivity contribution in [3.8, 4) is 11.1 Å². The summed E-state index contributed by atoms with van der Waals surface area (Å²) in [7, 11) is 0. The van der Waals surface area contributed by atoms with Crippen LogP contribution in [0.4, 0.5) is 11.4 Å². The molecule has 0 aliphatic carbocycles. The van der Waals surface area contributed by atoms with Gasteiger partial charge in [0.1, 0.15) is 5.70 Å². The van der Waals surface area contributed by atoms with Crippen molar-refractivity contribution in [2.45, 2.75) is 71.8 Å². The molecule has 0 atom stereocenters. The summed E-state index contributed by atoms with van der Waals surface area (Å²) in [4.78, 5) is 42.8. The number of benzene rings is 2. The van der Waals surface area contributed by atoms with E-state index in [4.69, 9.17) is 9.47 Å². The molecular formula is C38H46N4O5. The lowest BCUT2D eigenvalue weighted by atomic mass is 9.75. The normalized spacial score (nSPS) is 19.2. The Morgan fingerprint density at radius 3 is 2.47 bits per heavy atom. The first-order chi connectivity index (χ1) is 22.7. The van der Waals surface area contributed by atoms with Gasteiger partial charge in [-0.3, -0.25) is 9.59 Å². The van der Waals surface area contributed by atoms with E-state index in [1.165, 1.54) is 5.56 Å². The topological polar surface area (TPSA) is 100 Å². The maximum absolute atomic E-state index is 13.8. The molecule has 1 spiro atoms. The molecule has 4 aliphatic heterocycles. The van der Waals surface area contributed by atoms with Crippen molar-refractivity contribution < 1.29 is 23.9 Å². The molecule has 248 valence electrons. The smallest absolute Gasteiger partial charge is 0.251 e. The zero-order valence-electron chi connectivity index (χ0n) is 28.3. The molecular weight excluding hydrogens is 592 g/mol. The molecule has 6 rings (SSSR count). The van der Waals surface area contributed by atoms with E-state index in [-0.39, 0.29) is 29.8 Å². The van der Waals surface area contributed by atoms with Gasteiger partial charge in [-0.2, -0.15) is 0 Å². The number of carbonyl (C=O) groups is 2. The Labute approximate surface area is 277 Å². The molecule has 2 aromatic carbocycles. The Kier molecular flexibility index (Phi) is 9.42. The number of amides is 2. The number of fused-ring (bicyclic) bond motifs is 2. The van der Waals surface area contributed by atoms with Crippen molar-refractivity contribution in [1.29, 1.82) is 0 Å². The van der Waals surface area contributed by atoms with Gasteiger partial charge in [-0.05, 0) is 93.9 Å². The minimum absolute atomic E-state index is 0.0457. The highest BCUT2D eigenvalue weighted by Crippen LogP contribution is 2.49. The van der Waals surface area contributed by atoms with Crippen LogP contribution in [0.3, 0.4) is 0 Å². The molecule has 0 radical (unpaired) electrons. The molecule has 0 aromatic heterocycles. The SMILES string of the molecule is CCN(c1c(-c2ccc3c(c2)N(C(C)=O)CC32CCOCC2)ccc(C(=O)NCC2=C(C)C=C(C)NC2=C=O)c1C)C1CCOCC1. The van der Waals surface area contributed by atoms with Gasteiger partial charge >= 0.3 is 0 Å². The van der Waals surface area contributed by atoms with E-state index in [1.807, 2.05) is 49.8 Å². The molecule has 9 heteroatoms. The lowest BCUT2D eigenvalue weighted by Crippen LogP contribution is -2.40. The first-order valence-electron chi connectivity index (χ1n) is 16.8. The van der Waals surface area contributed by atoms with E-state index >= 15 is 0 Å². The quantitative estimate of drug-likeness (QED) is 0.395. The molecule has 4 heterocycles. The van der Waals surface area contributed by atoms with E-state index in [2.05, 4.69) is 40.7 Å². The van der Waals surface area contributed by atoms with Gasteiger partial charge in [0, 0.05) is 98.2 Å². The summed E-state index contributed by atoms with van der Waals surface area (Å²) < 4.78 is 11.4. The van der Waals surface area contributed by atoms with Crippen LogP contribution in [-0.4, -0.2) is 69.9 Å². The van der Waals surface area contributed by atoms with Crippen LogP contribution in [0, 0.1) is 6.92 Å². The largest absolute Gasteiger partial charge is 0.381 e. The molecule has 0 unspecified atom stereocenters. The highest BCUT2D eigenvalue weighted by atomic mass is 16.5. The molecule has 0 saturated carbocycles. The lowest BCUT2D eigenvalue weighted by molar-refractivity contribution is -0.116. The summed E-state index contributed by atoms with van der Waals surface area (Å²) >= 11 is 0. The van der Waals surface area contributed by atoms with Gasteiger partial charge in [0.25, 0.3) is 5.91 Å². The maximum Gasteiger partial charge on any atom is 0.251 e. The summed E-state index contributed by atoms with van der Waals surface area (Å²) in [5.74, 6) is 1.83. The number of nitrogens with one attached hydrogen (secondary N) is 2.